The third-order valence-electron chi connectivity index (χ3n) is 2.20. The van der Waals surface area contributed by atoms with Crippen LogP contribution in [-0.2, 0) is 11.3 Å². The van der Waals surface area contributed by atoms with Crippen molar-refractivity contribution in [2.75, 3.05) is 20.3 Å². The van der Waals surface area contributed by atoms with Crippen molar-refractivity contribution in [1.82, 2.24) is 5.32 Å². The van der Waals surface area contributed by atoms with Crippen molar-refractivity contribution < 1.29 is 4.74 Å². The van der Waals surface area contributed by atoms with Gasteiger partial charge in [0.2, 0.25) is 0 Å². The Bertz CT molecular complexity index is 298. The monoisotopic (exact) mass is 261 g/mol. The van der Waals surface area contributed by atoms with E-state index >= 15 is 0 Å². The summed E-state index contributed by atoms with van der Waals surface area (Å²) in [6.07, 6.45) is 2.20. The van der Waals surface area contributed by atoms with E-state index in [1.807, 2.05) is 12.1 Å². The Morgan fingerprint density at radius 3 is 2.44 bits per heavy atom. The van der Waals surface area contributed by atoms with Crippen LogP contribution in [0.15, 0.2) is 18.2 Å². The zero-order valence-corrected chi connectivity index (χ0v) is 10.9. The first-order valence-corrected chi connectivity index (χ1v) is 6.12. The lowest BCUT2D eigenvalue weighted by Gasteiger charge is -2.05. The SMILES string of the molecule is COCCCCNCc1cc(Cl)cc(Cl)c1. The summed E-state index contributed by atoms with van der Waals surface area (Å²) in [6.45, 7) is 2.60. The highest BCUT2D eigenvalue weighted by Crippen LogP contribution is 2.18. The number of hydrogen-bond acceptors (Lipinski definition) is 2. The van der Waals surface area contributed by atoms with Crippen molar-refractivity contribution in [1.29, 1.82) is 0 Å². The second-order valence-electron chi connectivity index (χ2n) is 3.65. The van der Waals surface area contributed by atoms with Crippen LogP contribution in [0, 0.1) is 0 Å². The molecule has 1 aromatic carbocycles. The summed E-state index contributed by atoms with van der Waals surface area (Å²) in [5.74, 6) is 0. The maximum atomic E-state index is 5.90. The molecular weight excluding hydrogens is 245 g/mol. The van der Waals surface area contributed by atoms with Gasteiger partial charge < -0.3 is 10.1 Å². The smallest absolute Gasteiger partial charge is 0.0462 e. The molecule has 0 atom stereocenters. The Balaban J connectivity index is 2.21. The van der Waals surface area contributed by atoms with E-state index in [9.17, 15) is 0 Å². The largest absolute Gasteiger partial charge is 0.385 e. The number of halogens is 2. The zero-order valence-electron chi connectivity index (χ0n) is 9.43. The molecule has 2 nitrogen and oxygen atoms in total. The topological polar surface area (TPSA) is 21.3 Å². The van der Waals surface area contributed by atoms with Crippen LogP contribution in [0.4, 0.5) is 0 Å². The van der Waals surface area contributed by atoms with Gasteiger partial charge in [-0.05, 0) is 43.1 Å². The minimum absolute atomic E-state index is 0.684. The van der Waals surface area contributed by atoms with Crippen LogP contribution in [0.5, 0.6) is 0 Å². The minimum Gasteiger partial charge on any atom is -0.385 e. The molecule has 0 fully saturated rings. The van der Waals surface area contributed by atoms with E-state index in [-0.39, 0.29) is 0 Å². The van der Waals surface area contributed by atoms with Crippen molar-refractivity contribution in [3.63, 3.8) is 0 Å². The third kappa shape index (κ3) is 5.71. The van der Waals surface area contributed by atoms with Gasteiger partial charge in [0.1, 0.15) is 0 Å². The van der Waals surface area contributed by atoms with Gasteiger partial charge in [-0.25, -0.2) is 0 Å². The molecule has 0 spiro atoms. The molecule has 0 saturated carbocycles. The number of methoxy groups -OCH3 is 1. The first-order chi connectivity index (χ1) is 7.72. The molecule has 0 bridgehead atoms. The normalized spacial score (nSPS) is 10.7. The lowest BCUT2D eigenvalue weighted by molar-refractivity contribution is 0.192. The van der Waals surface area contributed by atoms with Crippen molar-refractivity contribution >= 4 is 23.2 Å². The minimum atomic E-state index is 0.684. The van der Waals surface area contributed by atoms with Crippen molar-refractivity contribution in [2.24, 2.45) is 0 Å². The quantitative estimate of drug-likeness (QED) is 0.759. The lowest BCUT2D eigenvalue weighted by atomic mass is 10.2. The van der Waals surface area contributed by atoms with Gasteiger partial charge in [-0.1, -0.05) is 23.2 Å². The Kier molecular flexibility index (Phi) is 6.81. The van der Waals surface area contributed by atoms with E-state index in [1.165, 1.54) is 0 Å². The summed E-state index contributed by atoms with van der Waals surface area (Å²) in [7, 11) is 1.72. The van der Waals surface area contributed by atoms with Crippen LogP contribution < -0.4 is 5.32 Å². The van der Waals surface area contributed by atoms with E-state index in [0.29, 0.717) is 10.0 Å². The van der Waals surface area contributed by atoms with Gasteiger partial charge in [0.15, 0.2) is 0 Å². The van der Waals surface area contributed by atoms with Gasteiger partial charge in [0, 0.05) is 30.3 Å². The molecule has 4 heteroatoms. The fourth-order valence-corrected chi connectivity index (χ4v) is 2.01. The van der Waals surface area contributed by atoms with Gasteiger partial charge in [-0.15, -0.1) is 0 Å². The van der Waals surface area contributed by atoms with Crippen LogP contribution in [-0.4, -0.2) is 20.3 Å². The number of nitrogens with one attached hydrogen (secondary N) is 1. The first-order valence-electron chi connectivity index (χ1n) is 5.37. The van der Waals surface area contributed by atoms with Crippen molar-refractivity contribution in [2.45, 2.75) is 19.4 Å². The molecule has 0 aliphatic rings. The lowest BCUT2D eigenvalue weighted by Crippen LogP contribution is -2.15. The average molecular weight is 262 g/mol. The summed E-state index contributed by atoms with van der Waals surface area (Å²) >= 11 is 11.8. The zero-order chi connectivity index (χ0) is 11.8. The highest BCUT2D eigenvalue weighted by molar-refractivity contribution is 6.34. The molecule has 0 aliphatic carbocycles. The van der Waals surface area contributed by atoms with E-state index in [2.05, 4.69) is 5.32 Å². The summed E-state index contributed by atoms with van der Waals surface area (Å²) < 4.78 is 4.98. The van der Waals surface area contributed by atoms with E-state index in [1.54, 1.807) is 13.2 Å². The van der Waals surface area contributed by atoms with Crippen LogP contribution in [0.25, 0.3) is 0 Å². The van der Waals surface area contributed by atoms with E-state index in [4.69, 9.17) is 27.9 Å². The van der Waals surface area contributed by atoms with E-state index < -0.39 is 0 Å². The molecular formula is C12H17Cl2NO. The molecule has 0 unspecified atom stereocenters. The van der Waals surface area contributed by atoms with Gasteiger partial charge in [0.25, 0.3) is 0 Å². The van der Waals surface area contributed by atoms with Crippen LogP contribution >= 0.6 is 23.2 Å². The van der Waals surface area contributed by atoms with E-state index in [0.717, 1.165) is 38.1 Å². The van der Waals surface area contributed by atoms with Crippen molar-refractivity contribution in [3.05, 3.63) is 33.8 Å². The number of ether oxygens (including phenoxy) is 1. The summed E-state index contributed by atoms with van der Waals surface area (Å²) in [5.41, 5.74) is 1.12. The molecule has 0 heterocycles. The second kappa shape index (κ2) is 7.91. The number of benzene rings is 1. The maximum Gasteiger partial charge on any atom is 0.0462 e. The molecule has 1 aromatic rings. The molecule has 0 radical (unpaired) electrons. The van der Waals surface area contributed by atoms with Crippen LogP contribution in [0.1, 0.15) is 18.4 Å². The number of hydrogen-bond donors (Lipinski definition) is 1. The van der Waals surface area contributed by atoms with Gasteiger partial charge in [-0.3, -0.25) is 0 Å². The third-order valence-corrected chi connectivity index (χ3v) is 2.64. The average Bonchev–Trinajstić information content (AvgIpc) is 2.22. The van der Waals surface area contributed by atoms with Crippen LogP contribution in [0.3, 0.4) is 0 Å². The van der Waals surface area contributed by atoms with Gasteiger partial charge >= 0.3 is 0 Å². The molecule has 0 amide bonds. The molecule has 90 valence electrons. The fraction of sp³-hybridized carbons (Fsp3) is 0.500. The number of unbranched alkanes of at least 4 members (excludes halogenated alkanes) is 1. The predicted molar refractivity (Wildman–Crippen MR) is 69.3 cm³/mol. The molecule has 0 saturated heterocycles. The molecule has 1 rings (SSSR count). The molecule has 0 aromatic heterocycles. The Morgan fingerprint density at radius 1 is 1.12 bits per heavy atom. The second-order valence-corrected chi connectivity index (χ2v) is 4.53. The highest BCUT2D eigenvalue weighted by Gasteiger charge is 1.97. The maximum absolute atomic E-state index is 5.90. The highest BCUT2D eigenvalue weighted by atomic mass is 35.5. The summed E-state index contributed by atoms with van der Waals surface area (Å²) in [4.78, 5) is 0. The Morgan fingerprint density at radius 2 is 1.81 bits per heavy atom. The predicted octanol–water partition coefficient (Wildman–Crippen LogP) is 3.51. The van der Waals surface area contributed by atoms with Gasteiger partial charge in [-0.2, -0.15) is 0 Å². The number of rotatable bonds is 7. The molecule has 1 N–H and O–H groups in total. The van der Waals surface area contributed by atoms with Crippen molar-refractivity contribution in [3.8, 4) is 0 Å². The Labute approximate surface area is 107 Å². The molecule has 0 aliphatic heterocycles. The van der Waals surface area contributed by atoms with Crippen LogP contribution in [0.2, 0.25) is 10.0 Å². The first kappa shape index (κ1) is 13.8. The fourth-order valence-electron chi connectivity index (χ4n) is 1.44. The molecule has 16 heavy (non-hydrogen) atoms. The van der Waals surface area contributed by atoms with Gasteiger partial charge in [0.05, 0.1) is 0 Å². The standard InChI is InChI=1S/C12H17Cl2NO/c1-16-5-3-2-4-15-9-10-6-11(13)8-12(14)7-10/h6-8,15H,2-5,9H2,1H3. The Hall–Kier alpha value is -0.280. The summed E-state index contributed by atoms with van der Waals surface area (Å²) in [5, 5.41) is 4.71. The summed E-state index contributed by atoms with van der Waals surface area (Å²) in [6, 6.07) is 5.59.